The van der Waals surface area contributed by atoms with Gasteiger partial charge in [0.25, 0.3) is 0 Å². The average molecular weight is 242 g/mol. The third kappa shape index (κ3) is 4.78. The molecule has 0 N–H and O–H groups in total. The molecule has 0 unspecified atom stereocenters. The summed E-state index contributed by atoms with van der Waals surface area (Å²) in [6.45, 7) is 4.36. The molecule has 0 spiro atoms. The monoisotopic (exact) mass is 242 g/mol. The normalized spacial score (nSPS) is 28.5. The van der Waals surface area contributed by atoms with Crippen LogP contribution in [0.5, 0.6) is 0 Å². The van der Waals surface area contributed by atoms with Gasteiger partial charge in [-0.05, 0) is 18.9 Å². The van der Waals surface area contributed by atoms with Gasteiger partial charge >= 0.3 is 0 Å². The average Bonchev–Trinajstić information content (AvgIpc) is 2.38. The topological polar surface area (TPSA) is 27.7 Å². The lowest BCUT2D eigenvalue weighted by Crippen LogP contribution is -2.37. The third-order valence-electron chi connectivity index (χ3n) is 3.19. The summed E-state index contributed by atoms with van der Waals surface area (Å²) in [6.07, 6.45) is 11.9. The Morgan fingerprint density at radius 3 is 2.47 bits per heavy atom. The van der Waals surface area contributed by atoms with Gasteiger partial charge in [-0.25, -0.2) is 4.89 Å². The van der Waals surface area contributed by atoms with Crippen molar-refractivity contribution in [3.05, 3.63) is 12.2 Å². The molecule has 0 bridgehead atoms. The second-order valence-electron chi connectivity index (χ2n) is 4.69. The van der Waals surface area contributed by atoms with Crippen molar-refractivity contribution in [3.8, 4) is 0 Å². The molecule has 0 aromatic carbocycles. The molecule has 0 fully saturated rings. The Balaban J connectivity index is 2.39. The molecule has 0 amide bonds. The van der Waals surface area contributed by atoms with E-state index in [1.54, 1.807) is 7.11 Å². The van der Waals surface area contributed by atoms with Crippen molar-refractivity contribution in [1.82, 2.24) is 0 Å². The van der Waals surface area contributed by atoms with Gasteiger partial charge in [-0.2, -0.15) is 4.89 Å². The zero-order valence-electron chi connectivity index (χ0n) is 11.4. The number of rotatable bonds is 8. The summed E-state index contributed by atoms with van der Waals surface area (Å²) in [6, 6.07) is 0. The number of methoxy groups -OCH3 is 1. The van der Waals surface area contributed by atoms with Crippen LogP contribution in [0.4, 0.5) is 0 Å². The predicted molar refractivity (Wildman–Crippen MR) is 68.5 cm³/mol. The van der Waals surface area contributed by atoms with E-state index in [2.05, 4.69) is 19.9 Å². The molecule has 0 saturated heterocycles. The molecule has 0 aromatic rings. The lowest BCUT2D eigenvalue weighted by molar-refractivity contribution is -0.429. The number of ether oxygens (including phenoxy) is 1. The first-order valence-corrected chi connectivity index (χ1v) is 6.85. The van der Waals surface area contributed by atoms with Crippen LogP contribution in [-0.4, -0.2) is 19.0 Å². The summed E-state index contributed by atoms with van der Waals surface area (Å²) in [4.78, 5) is 10.9. The lowest BCUT2D eigenvalue weighted by atomic mass is 10.0. The fraction of sp³-hybridized carbons (Fsp3) is 0.857. The van der Waals surface area contributed by atoms with Gasteiger partial charge in [-0.1, -0.05) is 45.6 Å². The van der Waals surface area contributed by atoms with Crippen LogP contribution in [0.15, 0.2) is 12.2 Å². The summed E-state index contributed by atoms with van der Waals surface area (Å²) in [5.41, 5.74) is 0. The van der Waals surface area contributed by atoms with E-state index >= 15 is 0 Å². The van der Waals surface area contributed by atoms with E-state index in [1.165, 1.54) is 19.3 Å². The Morgan fingerprint density at radius 1 is 1.18 bits per heavy atom. The molecule has 1 aliphatic rings. The van der Waals surface area contributed by atoms with E-state index in [1.807, 2.05) is 6.08 Å². The van der Waals surface area contributed by atoms with Gasteiger partial charge in [0, 0.05) is 13.5 Å². The minimum Gasteiger partial charge on any atom is -0.348 e. The van der Waals surface area contributed by atoms with Crippen molar-refractivity contribution >= 4 is 0 Å². The van der Waals surface area contributed by atoms with E-state index < -0.39 is 5.79 Å². The van der Waals surface area contributed by atoms with Crippen molar-refractivity contribution in [3.63, 3.8) is 0 Å². The second-order valence-corrected chi connectivity index (χ2v) is 4.69. The molecule has 0 aliphatic carbocycles. The largest absolute Gasteiger partial charge is 0.348 e. The molecule has 1 heterocycles. The van der Waals surface area contributed by atoms with E-state index in [0.29, 0.717) is 0 Å². The maximum absolute atomic E-state index is 5.45. The molecule has 17 heavy (non-hydrogen) atoms. The first-order valence-electron chi connectivity index (χ1n) is 6.85. The van der Waals surface area contributed by atoms with Gasteiger partial charge in [-0.15, -0.1) is 0 Å². The highest BCUT2D eigenvalue weighted by atomic mass is 17.2. The summed E-state index contributed by atoms with van der Waals surface area (Å²) in [5.74, 6) is -0.655. The Hall–Kier alpha value is -0.380. The van der Waals surface area contributed by atoms with E-state index in [4.69, 9.17) is 14.5 Å². The van der Waals surface area contributed by atoms with Crippen LogP contribution in [0.2, 0.25) is 0 Å². The molecule has 100 valence electrons. The maximum Gasteiger partial charge on any atom is 0.220 e. The van der Waals surface area contributed by atoms with Gasteiger partial charge in [-0.3, -0.25) is 0 Å². The SMILES string of the molecule is CCCCC[C@H]1C=C[C@](CCCC)(OC)OO1. The van der Waals surface area contributed by atoms with Crippen molar-refractivity contribution in [2.24, 2.45) is 0 Å². The zero-order valence-corrected chi connectivity index (χ0v) is 11.4. The van der Waals surface area contributed by atoms with Gasteiger partial charge in [0.1, 0.15) is 6.10 Å². The highest BCUT2D eigenvalue weighted by Gasteiger charge is 2.33. The standard InChI is InChI=1S/C14H26O3/c1-4-6-8-9-13-10-12-14(15-3,17-16-13)11-7-5-2/h10,12-13H,4-9,11H2,1-3H3/t13-,14+/m0/s1. The van der Waals surface area contributed by atoms with Crippen LogP contribution < -0.4 is 0 Å². The quantitative estimate of drug-likeness (QED) is 0.366. The van der Waals surface area contributed by atoms with Gasteiger partial charge in [0.05, 0.1) is 0 Å². The number of unbranched alkanes of at least 4 members (excludes halogenated alkanes) is 3. The van der Waals surface area contributed by atoms with Crippen LogP contribution in [0, 0.1) is 0 Å². The van der Waals surface area contributed by atoms with E-state index in [0.717, 1.165) is 25.7 Å². The highest BCUT2D eigenvalue weighted by molar-refractivity contribution is 5.01. The first-order chi connectivity index (χ1) is 8.26. The highest BCUT2D eigenvalue weighted by Crippen LogP contribution is 2.28. The van der Waals surface area contributed by atoms with Crippen molar-refractivity contribution in [2.75, 3.05) is 7.11 Å². The molecule has 0 saturated carbocycles. The molecule has 0 aromatic heterocycles. The van der Waals surface area contributed by atoms with E-state index in [-0.39, 0.29) is 6.10 Å². The lowest BCUT2D eigenvalue weighted by Gasteiger charge is -2.33. The maximum atomic E-state index is 5.45. The fourth-order valence-electron chi connectivity index (χ4n) is 1.95. The molecule has 1 rings (SSSR count). The van der Waals surface area contributed by atoms with E-state index in [9.17, 15) is 0 Å². The Kier molecular flexibility index (Phi) is 6.78. The van der Waals surface area contributed by atoms with Crippen LogP contribution in [0.25, 0.3) is 0 Å². The molecule has 1 aliphatic heterocycles. The molecular formula is C14H26O3. The minimum absolute atomic E-state index is 0.0893. The van der Waals surface area contributed by atoms with Crippen LogP contribution in [0.1, 0.15) is 58.8 Å². The second kappa shape index (κ2) is 7.85. The summed E-state index contributed by atoms with van der Waals surface area (Å²) in [5, 5.41) is 0. The van der Waals surface area contributed by atoms with Gasteiger partial charge in [0.15, 0.2) is 0 Å². The van der Waals surface area contributed by atoms with Crippen LogP contribution >= 0.6 is 0 Å². The third-order valence-corrected chi connectivity index (χ3v) is 3.19. The van der Waals surface area contributed by atoms with Crippen molar-refractivity contribution in [2.45, 2.75) is 70.7 Å². The smallest absolute Gasteiger partial charge is 0.220 e. The summed E-state index contributed by atoms with van der Waals surface area (Å²) < 4.78 is 5.42. The molecular weight excluding hydrogens is 216 g/mol. The molecule has 0 radical (unpaired) electrons. The molecule has 3 heteroatoms. The molecule has 3 nitrogen and oxygen atoms in total. The minimum atomic E-state index is -0.655. The first kappa shape index (κ1) is 14.7. The summed E-state index contributed by atoms with van der Waals surface area (Å²) >= 11 is 0. The Bertz CT molecular complexity index is 228. The zero-order chi connectivity index (χ0) is 12.6. The molecule has 2 atom stereocenters. The van der Waals surface area contributed by atoms with Gasteiger partial charge in [0.2, 0.25) is 5.79 Å². The number of hydrogen-bond donors (Lipinski definition) is 0. The Labute approximate surface area is 105 Å². The summed E-state index contributed by atoms with van der Waals surface area (Å²) in [7, 11) is 1.67. The van der Waals surface area contributed by atoms with Crippen molar-refractivity contribution < 1.29 is 14.5 Å². The van der Waals surface area contributed by atoms with Gasteiger partial charge < -0.3 is 4.74 Å². The van der Waals surface area contributed by atoms with Crippen molar-refractivity contribution in [1.29, 1.82) is 0 Å². The number of hydrogen-bond acceptors (Lipinski definition) is 3. The predicted octanol–water partition coefficient (Wildman–Crippen LogP) is 3.99. The fourth-order valence-corrected chi connectivity index (χ4v) is 1.95. The Morgan fingerprint density at radius 2 is 1.94 bits per heavy atom. The van der Waals surface area contributed by atoms with Crippen LogP contribution in [0.3, 0.4) is 0 Å². The van der Waals surface area contributed by atoms with Crippen LogP contribution in [-0.2, 0) is 14.5 Å².